The lowest BCUT2D eigenvalue weighted by molar-refractivity contribution is -0.138. The van der Waals surface area contributed by atoms with E-state index in [1.54, 1.807) is 30.3 Å². The number of benzene rings is 2. The van der Waals surface area contributed by atoms with Gasteiger partial charge in [-0.15, -0.1) is 12.4 Å². The van der Waals surface area contributed by atoms with E-state index in [1.807, 2.05) is 12.1 Å². The van der Waals surface area contributed by atoms with E-state index in [1.165, 1.54) is 5.57 Å². The van der Waals surface area contributed by atoms with Crippen LogP contribution in [0.3, 0.4) is 0 Å². The Morgan fingerprint density at radius 1 is 0.672 bits per heavy atom. The standard InChI is InChI=1S/C21H20F3N3O3S.C14H17N3O.C7H4ClF3O2S.ClH/c22-21(23,24)15-3-1-4-17(13-15)31(29,30)27-11-9-14(10-12-27)18-5-2-6-19(26-18)20(28)25-16-7-8-16;18-14(16-11-4-5-11)13-3-1-2-12(17-13)10-6-8-15-9-7-10;8-14(12,13)6-3-1-2-5(4-6)7(9,10)11;/h1-6,9,13,16H,7-8,10-12H2,(H,25,28);1-3,6,11,15H,4-5,7-9H2,(H,16,18);1-4H;1H. The zero-order chi connectivity index (χ0) is 45.6. The maximum absolute atomic E-state index is 12.9. The van der Waals surface area contributed by atoms with E-state index >= 15 is 0 Å². The first kappa shape index (κ1) is 50.1. The lowest BCUT2D eigenvalue weighted by atomic mass is 10.1. The normalized spacial score (nSPS) is 16.9. The van der Waals surface area contributed by atoms with Gasteiger partial charge in [-0.25, -0.2) is 26.8 Å². The van der Waals surface area contributed by atoms with E-state index < -0.39 is 52.3 Å². The highest BCUT2D eigenvalue weighted by molar-refractivity contribution is 8.13. The zero-order valence-corrected chi connectivity index (χ0v) is 36.8. The van der Waals surface area contributed by atoms with Gasteiger partial charge in [-0.1, -0.05) is 36.4 Å². The number of nitrogens with zero attached hydrogens (tertiary/aromatic N) is 3. The Hall–Kier alpha value is -4.86. The second-order valence-electron chi connectivity index (χ2n) is 14.8. The molecule has 64 heavy (non-hydrogen) atoms. The molecule has 2 aliphatic heterocycles. The van der Waals surface area contributed by atoms with Crippen molar-refractivity contribution < 1.29 is 52.8 Å². The van der Waals surface area contributed by atoms with Crippen LogP contribution < -0.4 is 16.0 Å². The van der Waals surface area contributed by atoms with Crippen molar-refractivity contribution in [2.24, 2.45) is 0 Å². The van der Waals surface area contributed by atoms with Crippen molar-refractivity contribution in [2.45, 2.75) is 72.8 Å². The smallest absolute Gasteiger partial charge is 0.348 e. The minimum Gasteiger partial charge on any atom is -0.348 e. The van der Waals surface area contributed by atoms with Gasteiger partial charge in [0.2, 0.25) is 10.0 Å². The number of amides is 2. The highest BCUT2D eigenvalue weighted by Gasteiger charge is 2.34. The van der Waals surface area contributed by atoms with E-state index in [-0.39, 0.29) is 43.4 Å². The van der Waals surface area contributed by atoms with Crippen LogP contribution in [0.15, 0.2) is 107 Å². The van der Waals surface area contributed by atoms with Gasteiger partial charge in [-0.2, -0.15) is 30.6 Å². The fraction of sp³-hybridized carbons (Fsp3) is 0.333. The lowest BCUT2D eigenvalue weighted by Crippen LogP contribution is -2.35. The lowest BCUT2D eigenvalue weighted by Gasteiger charge is -2.26. The van der Waals surface area contributed by atoms with Gasteiger partial charge in [0, 0.05) is 42.4 Å². The summed E-state index contributed by atoms with van der Waals surface area (Å²) in [4.78, 5) is 32.0. The largest absolute Gasteiger partial charge is 0.416 e. The third-order valence-corrected chi connectivity index (χ3v) is 13.1. The molecule has 3 N–H and O–H groups in total. The molecule has 4 aromatic rings. The fourth-order valence-corrected chi connectivity index (χ4v) is 8.44. The molecule has 0 saturated heterocycles. The van der Waals surface area contributed by atoms with Crippen molar-refractivity contribution >= 4 is 65.1 Å². The van der Waals surface area contributed by atoms with E-state index in [2.05, 4.69) is 32.0 Å². The van der Waals surface area contributed by atoms with Crippen LogP contribution in [0.25, 0.3) is 11.1 Å². The average Bonchev–Trinajstić information content (AvgIpc) is 4.22. The average molecular weight is 976 g/mol. The summed E-state index contributed by atoms with van der Waals surface area (Å²) in [5.41, 5.74) is 2.31. The molecule has 0 atom stereocenters. The minimum atomic E-state index is -4.62. The van der Waals surface area contributed by atoms with Crippen molar-refractivity contribution in [2.75, 3.05) is 26.2 Å². The van der Waals surface area contributed by atoms with Crippen LogP contribution in [0, 0.1) is 0 Å². The monoisotopic (exact) mass is 974 g/mol. The number of aromatic nitrogens is 2. The van der Waals surface area contributed by atoms with E-state index in [4.69, 9.17) is 10.7 Å². The first-order chi connectivity index (χ1) is 29.7. The molecule has 0 unspecified atom stereocenters. The molecule has 344 valence electrons. The summed E-state index contributed by atoms with van der Waals surface area (Å²) in [6.07, 6.45) is 0.0676. The summed E-state index contributed by atoms with van der Waals surface area (Å²) < 4.78 is 123. The number of hydrogen-bond donors (Lipinski definition) is 3. The van der Waals surface area contributed by atoms with Gasteiger partial charge < -0.3 is 16.0 Å². The second-order valence-corrected chi connectivity index (χ2v) is 19.3. The van der Waals surface area contributed by atoms with Crippen LogP contribution in [0.2, 0.25) is 0 Å². The van der Waals surface area contributed by atoms with E-state index in [0.717, 1.165) is 97.2 Å². The van der Waals surface area contributed by atoms with Crippen molar-refractivity contribution in [1.82, 2.24) is 30.2 Å². The molecule has 2 aromatic carbocycles. The number of carbonyl (C=O) groups excluding carboxylic acids is 2. The molecule has 2 amide bonds. The third-order valence-electron chi connectivity index (χ3n) is 9.92. The first-order valence-electron chi connectivity index (χ1n) is 19.6. The van der Waals surface area contributed by atoms with E-state index in [9.17, 15) is 52.8 Å². The summed E-state index contributed by atoms with van der Waals surface area (Å²) in [5.74, 6) is -0.289. The molecule has 0 spiro atoms. The van der Waals surface area contributed by atoms with Gasteiger partial charge in [-0.3, -0.25) is 9.59 Å². The number of rotatable bonds is 9. The highest BCUT2D eigenvalue weighted by atomic mass is 35.7. The van der Waals surface area contributed by atoms with Crippen molar-refractivity contribution in [3.8, 4) is 0 Å². The molecule has 2 fully saturated rings. The van der Waals surface area contributed by atoms with Crippen LogP contribution in [-0.2, 0) is 31.4 Å². The number of sulfonamides is 1. The molecule has 0 radical (unpaired) electrons. The van der Waals surface area contributed by atoms with Gasteiger partial charge >= 0.3 is 12.4 Å². The topological polar surface area (TPSA) is 168 Å². The SMILES string of the molecule is Cl.O=C(NC1CC1)c1cccc(C2=CCN(S(=O)(=O)c3cccc(C(F)(F)F)c3)CC2)n1.O=C(NC1CC1)c1cccc(C2=CCNCC2)n1.O=S(=O)(Cl)c1cccc(C(F)(F)F)c1. The van der Waals surface area contributed by atoms with Gasteiger partial charge in [0.05, 0.1) is 32.3 Å². The van der Waals surface area contributed by atoms with Crippen molar-refractivity contribution in [1.29, 1.82) is 0 Å². The molecule has 2 saturated carbocycles. The van der Waals surface area contributed by atoms with Crippen molar-refractivity contribution in [3.63, 3.8) is 0 Å². The Morgan fingerprint density at radius 2 is 1.14 bits per heavy atom. The predicted octanol–water partition coefficient (Wildman–Crippen LogP) is 7.88. The molecule has 22 heteroatoms. The second kappa shape index (κ2) is 21.0. The minimum absolute atomic E-state index is 0. The molecule has 12 nitrogen and oxygen atoms in total. The quantitative estimate of drug-likeness (QED) is 0.112. The van der Waals surface area contributed by atoms with Gasteiger partial charge in [-0.05, 0) is 117 Å². The van der Waals surface area contributed by atoms with Crippen LogP contribution in [0.1, 0.15) is 82.0 Å². The Kier molecular flexibility index (Phi) is 16.4. The number of carbonyl (C=O) groups is 2. The Morgan fingerprint density at radius 3 is 1.56 bits per heavy atom. The molecular weight excluding hydrogens is 934 g/mol. The van der Waals surface area contributed by atoms with Gasteiger partial charge in [0.15, 0.2) is 0 Å². The van der Waals surface area contributed by atoms with Crippen molar-refractivity contribution in [3.05, 3.63) is 131 Å². The molecule has 2 aromatic heterocycles. The summed E-state index contributed by atoms with van der Waals surface area (Å²) in [7, 11) is -3.30. The maximum atomic E-state index is 12.9. The Labute approximate surface area is 376 Å². The molecule has 4 heterocycles. The summed E-state index contributed by atoms with van der Waals surface area (Å²) >= 11 is 0. The van der Waals surface area contributed by atoms with Gasteiger partial charge in [0.1, 0.15) is 11.4 Å². The van der Waals surface area contributed by atoms with Crippen LogP contribution in [-0.4, -0.2) is 81.2 Å². The molecule has 2 aliphatic carbocycles. The zero-order valence-electron chi connectivity index (χ0n) is 33.6. The summed E-state index contributed by atoms with van der Waals surface area (Å²) in [5, 5.41) is 9.11. The molecule has 0 bridgehead atoms. The fourth-order valence-electron chi connectivity index (χ4n) is 6.22. The van der Waals surface area contributed by atoms with Crippen LogP contribution in [0.4, 0.5) is 26.3 Å². The van der Waals surface area contributed by atoms with Crippen LogP contribution >= 0.6 is 23.1 Å². The first-order valence-corrected chi connectivity index (χ1v) is 23.4. The molecular formula is C42H42Cl2F6N6O6S2. The highest BCUT2D eigenvalue weighted by Crippen LogP contribution is 2.33. The summed E-state index contributed by atoms with van der Waals surface area (Å²) in [6.45, 7) is 1.97. The molecule has 8 rings (SSSR count). The third kappa shape index (κ3) is 14.1. The number of nitrogens with one attached hydrogen (secondary N) is 3. The molecule has 4 aliphatic rings. The predicted molar refractivity (Wildman–Crippen MR) is 229 cm³/mol. The number of pyridine rings is 2. The van der Waals surface area contributed by atoms with Gasteiger partial charge in [0.25, 0.3) is 20.9 Å². The Balaban J connectivity index is 0.000000198. The van der Waals surface area contributed by atoms with E-state index in [0.29, 0.717) is 41.7 Å². The number of hydrogen-bond acceptors (Lipinski definition) is 9. The summed E-state index contributed by atoms with van der Waals surface area (Å²) in [6, 6.07) is 18.3. The Bertz CT molecular complexity index is 2620. The number of alkyl halides is 6. The maximum Gasteiger partial charge on any atom is 0.416 e. The number of halogens is 8. The van der Waals surface area contributed by atoms with Crippen LogP contribution in [0.5, 0.6) is 0 Å².